The quantitative estimate of drug-likeness (QED) is 0.725. The zero-order chi connectivity index (χ0) is 18.5. The van der Waals surface area contributed by atoms with Crippen LogP contribution in [0.4, 0.5) is 5.82 Å². The first kappa shape index (κ1) is 16.4. The standard InChI is InChI=1S/C22H25N5O/c1-2-6-19-15(5-1)20(18(12-28-19)27-9-3-4-10-27)26-22-16-11-17(14-7-8-14)25-21(16)23-13-24-22/h1-2,5-6,11,13-14,18,20H,3-4,7-10,12H2,(H2,23,24,25,26)/t18?,20-/m0/s1. The van der Waals surface area contributed by atoms with Crippen LogP contribution in [0.5, 0.6) is 5.75 Å². The lowest BCUT2D eigenvalue weighted by Crippen LogP contribution is -2.47. The summed E-state index contributed by atoms with van der Waals surface area (Å²) in [5, 5.41) is 4.88. The number of aromatic amines is 1. The van der Waals surface area contributed by atoms with Crippen molar-refractivity contribution in [2.75, 3.05) is 25.0 Å². The molecule has 0 spiro atoms. The predicted molar refractivity (Wildman–Crippen MR) is 109 cm³/mol. The molecule has 6 rings (SSSR count). The van der Waals surface area contributed by atoms with E-state index in [1.807, 2.05) is 6.07 Å². The number of para-hydroxylation sites is 1. The summed E-state index contributed by atoms with van der Waals surface area (Å²) >= 11 is 0. The van der Waals surface area contributed by atoms with Crippen molar-refractivity contribution < 1.29 is 4.74 Å². The normalized spacial score (nSPS) is 24.9. The van der Waals surface area contributed by atoms with E-state index < -0.39 is 0 Å². The number of hydrogen-bond acceptors (Lipinski definition) is 5. The van der Waals surface area contributed by atoms with Crippen LogP contribution in [0, 0.1) is 0 Å². The monoisotopic (exact) mass is 375 g/mol. The third-order valence-electron chi connectivity index (χ3n) is 6.41. The molecule has 1 saturated carbocycles. The Morgan fingerprint density at radius 2 is 1.96 bits per heavy atom. The predicted octanol–water partition coefficient (Wildman–Crippen LogP) is 3.85. The second-order valence-corrected chi connectivity index (χ2v) is 8.26. The van der Waals surface area contributed by atoms with Crippen molar-refractivity contribution in [3.05, 3.63) is 47.9 Å². The molecule has 1 aliphatic carbocycles. The number of nitrogens with one attached hydrogen (secondary N) is 2. The van der Waals surface area contributed by atoms with Crippen LogP contribution in [-0.2, 0) is 0 Å². The fraction of sp³-hybridized carbons (Fsp3) is 0.455. The van der Waals surface area contributed by atoms with Crippen molar-refractivity contribution in [1.29, 1.82) is 0 Å². The van der Waals surface area contributed by atoms with Crippen molar-refractivity contribution in [3.8, 4) is 5.75 Å². The lowest BCUT2D eigenvalue weighted by atomic mass is 9.95. The molecule has 0 amide bonds. The summed E-state index contributed by atoms with van der Waals surface area (Å²) in [5.41, 5.74) is 3.44. The van der Waals surface area contributed by atoms with Crippen LogP contribution < -0.4 is 10.1 Å². The lowest BCUT2D eigenvalue weighted by molar-refractivity contribution is 0.124. The first-order valence-corrected chi connectivity index (χ1v) is 10.4. The Morgan fingerprint density at radius 3 is 2.82 bits per heavy atom. The van der Waals surface area contributed by atoms with Gasteiger partial charge in [-0.1, -0.05) is 18.2 Å². The van der Waals surface area contributed by atoms with Crippen molar-refractivity contribution >= 4 is 16.9 Å². The first-order valence-electron chi connectivity index (χ1n) is 10.4. The summed E-state index contributed by atoms with van der Waals surface area (Å²) in [5.74, 6) is 2.57. The number of likely N-dealkylation sites (tertiary alicyclic amines) is 1. The molecule has 1 saturated heterocycles. The number of nitrogens with zero attached hydrogens (tertiary/aromatic N) is 3. The fourth-order valence-electron chi connectivity index (χ4n) is 4.75. The van der Waals surface area contributed by atoms with Crippen LogP contribution in [0.15, 0.2) is 36.7 Å². The van der Waals surface area contributed by atoms with E-state index in [-0.39, 0.29) is 6.04 Å². The van der Waals surface area contributed by atoms with Crippen LogP contribution in [0.2, 0.25) is 0 Å². The fourth-order valence-corrected chi connectivity index (χ4v) is 4.75. The molecule has 2 aliphatic heterocycles. The summed E-state index contributed by atoms with van der Waals surface area (Å²) in [7, 11) is 0. The number of H-pyrrole nitrogens is 1. The van der Waals surface area contributed by atoms with E-state index in [0.29, 0.717) is 18.6 Å². The molecule has 144 valence electrons. The molecule has 3 aliphatic rings. The maximum Gasteiger partial charge on any atom is 0.143 e. The Hall–Kier alpha value is -2.60. The summed E-state index contributed by atoms with van der Waals surface area (Å²) in [6, 6.07) is 11.1. The van der Waals surface area contributed by atoms with Gasteiger partial charge in [0.05, 0.1) is 17.5 Å². The highest BCUT2D eigenvalue weighted by Crippen LogP contribution is 2.42. The molecule has 2 atom stereocenters. The molecule has 2 aromatic heterocycles. The smallest absolute Gasteiger partial charge is 0.143 e. The van der Waals surface area contributed by atoms with Gasteiger partial charge in [0.15, 0.2) is 0 Å². The van der Waals surface area contributed by atoms with E-state index in [1.54, 1.807) is 6.33 Å². The van der Waals surface area contributed by atoms with Gasteiger partial charge in [0.1, 0.15) is 30.1 Å². The lowest BCUT2D eigenvalue weighted by Gasteiger charge is -2.39. The molecule has 3 aromatic rings. The van der Waals surface area contributed by atoms with Crippen LogP contribution in [0.3, 0.4) is 0 Å². The van der Waals surface area contributed by atoms with Crippen molar-refractivity contribution in [2.24, 2.45) is 0 Å². The minimum Gasteiger partial charge on any atom is -0.491 e. The largest absolute Gasteiger partial charge is 0.491 e. The molecular formula is C22H25N5O. The van der Waals surface area contributed by atoms with Crippen molar-refractivity contribution in [3.63, 3.8) is 0 Å². The maximum absolute atomic E-state index is 6.13. The van der Waals surface area contributed by atoms with E-state index in [0.717, 1.165) is 35.7 Å². The maximum atomic E-state index is 6.13. The first-order chi connectivity index (χ1) is 13.9. The number of benzene rings is 1. The zero-order valence-corrected chi connectivity index (χ0v) is 15.9. The van der Waals surface area contributed by atoms with Gasteiger partial charge in [0.2, 0.25) is 0 Å². The van der Waals surface area contributed by atoms with Gasteiger partial charge in [-0.3, -0.25) is 4.90 Å². The highest BCUT2D eigenvalue weighted by molar-refractivity contribution is 5.88. The zero-order valence-electron chi connectivity index (χ0n) is 15.9. The highest BCUT2D eigenvalue weighted by atomic mass is 16.5. The van der Waals surface area contributed by atoms with Gasteiger partial charge < -0.3 is 15.0 Å². The van der Waals surface area contributed by atoms with E-state index in [2.05, 4.69) is 49.4 Å². The van der Waals surface area contributed by atoms with Gasteiger partial charge in [-0.2, -0.15) is 0 Å². The topological polar surface area (TPSA) is 66.1 Å². The number of hydrogen-bond donors (Lipinski definition) is 2. The number of aromatic nitrogens is 3. The Bertz CT molecular complexity index is 1010. The van der Waals surface area contributed by atoms with Gasteiger partial charge >= 0.3 is 0 Å². The van der Waals surface area contributed by atoms with Crippen LogP contribution in [-0.4, -0.2) is 45.6 Å². The van der Waals surface area contributed by atoms with E-state index in [4.69, 9.17) is 4.74 Å². The second-order valence-electron chi connectivity index (χ2n) is 8.26. The number of anilines is 1. The molecule has 1 unspecified atom stereocenters. The van der Waals surface area contributed by atoms with Gasteiger partial charge in [-0.05, 0) is 56.8 Å². The number of rotatable bonds is 4. The summed E-state index contributed by atoms with van der Waals surface area (Å²) in [4.78, 5) is 15.2. The molecule has 6 nitrogen and oxygen atoms in total. The Morgan fingerprint density at radius 1 is 1.11 bits per heavy atom. The van der Waals surface area contributed by atoms with Crippen LogP contribution >= 0.6 is 0 Å². The molecule has 2 fully saturated rings. The number of ether oxygens (including phenoxy) is 1. The van der Waals surface area contributed by atoms with Gasteiger partial charge in [0, 0.05) is 11.3 Å². The molecular weight excluding hydrogens is 350 g/mol. The average Bonchev–Trinajstić information content (AvgIpc) is 3.25. The summed E-state index contributed by atoms with van der Waals surface area (Å²) in [6.07, 6.45) is 6.74. The summed E-state index contributed by atoms with van der Waals surface area (Å²) in [6.45, 7) is 3.00. The Labute approximate surface area is 164 Å². The third kappa shape index (κ3) is 2.75. The minimum absolute atomic E-state index is 0.153. The molecule has 4 heterocycles. The molecule has 2 N–H and O–H groups in total. The van der Waals surface area contributed by atoms with Crippen LogP contribution in [0.1, 0.15) is 48.9 Å². The molecule has 1 aromatic carbocycles. The molecule has 0 radical (unpaired) electrons. The third-order valence-corrected chi connectivity index (χ3v) is 6.41. The van der Waals surface area contributed by atoms with E-state index >= 15 is 0 Å². The van der Waals surface area contributed by atoms with Crippen LogP contribution in [0.25, 0.3) is 11.0 Å². The van der Waals surface area contributed by atoms with Crippen molar-refractivity contribution in [2.45, 2.75) is 43.7 Å². The second kappa shape index (κ2) is 6.48. The minimum atomic E-state index is 0.153. The Kier molecular flexibility index (Phi) is 3.79. The van der Waals surface area contributed by atoms with Gasteiger partial charge in [-0.25, -0.2) is 9.97 Å². The molecule has 6 heteroatoms. The molecule has 0 bridgehead atoms. The van der Waals surface area contributed by atoms with Crippen molar-refractivity contribution in [1.82, 2.24) is 19.9 Å². The molecule has 28 heavy (non-hydrogen) atoms. The van der Waals surface area contributed by atoms with E-state index in [9.17, 15) is 0 Å². The summed E-state index contributed by atoms with van der Waals surface area (Å²) < 4.78 is 6.13. The number of fused-ring (bicyclic) bond motifs is 2. The highest BCUT2D eigenvalue weighted by Gasteiger charge is 2.36. The van der Waals surface area contributed by atoms with Gasteiger partial charge in [0.25, 0.3) is 0 Å². The van der Waals surface area contributed by atoms with E-state index in [1.165, 1.54) is 36.9 Å². The average molecular weight is 375 g/mol. The SMILES string of the molecule is c1ccc2c(c1)OCC(N1CCCC1)[C@H]2Nc1ncnc2[nH]c(C3CC3)cc12. The Balaban J connectivity index is 1.40. The van der Waals surface area contributed by atoms with Gasteiger partial charge in [-0.15, -0.1) is 0 Å².